The average molecular weight is 365 g/mol. The molecular formula is C22H21ClN2O. The van der Waals surface area contributed by atoms with Gasteiger partial charge in [0.25, 0.3) is 5.91 Å². The van der Waals surface area contributed by atoms with E-state index in [4.69, 9.17) is 16.6 Å². The highest BCUT2D eigenvalue weighted by molar-refractivity contribution is 6.36. The van der Waals surface area contributed by atoms with Gasteiger partial charge in [-0.05, 0) is 61.4 Å². The molecule has 1 N–H and O–H groups in total. The summed E-state index contributed by atoms with van der Waals surface area (Å²) < 4.78 is 0. The number of fused-ring (bicyclic) bond motifs is 2. The number of pyridine rings is 1. The van der Waals surface area contributed by atoms with Crippen molar-refractivity contribution < 1.29 is 4.79 Å². The van der Waals surface area contributed by atoms with Crippen LogP contribution in [0.1, 0.15) is 46.9 Å². The van der Waals surface area contributed by atoms with Gasteiger partial charge >= 0.3 is 0 Å². The van der Waals surface area contributed by atoms with Gasteiger partial charge in [0.2, 0.25) is 0 Å². The molecule has 3 aromatic rings. The maximum Gasteiger partial charge on any atom is 0.255 e. The number of benzene rings is 2. The molecule has 3 nitrogen and oxygen atoms in total. The Labute approximate surface area is 158 Å². The number of aromatic nitrogens is 1. The van der Waals surface area contributed by atoms with Crippen molar-refractivity contribution in [2.24, 2.45) is 0 Å². The number of nitrogens with zero attached hydrogens (tertiary/aromatic N) is 1. The second-order valence-electron chi connectivity index (χ2n) is 6.75. The van der Waals surface area contributed by atoms with E-state index in [9.17, 15) is 4.79 Å². The Bertz CT molecular complexity index is 997. The molecule has 1 amide bonds. The molecule has 2 aromatic carbocycles. The van der Waals surface area contributed by atoms with Crippen molar-refractivity contribution in [2.45, 2.75) is 39.0 Å². The summed E-state index contributed by atoms with van der Waals surface area (Å²) in [5.41, 5.74) is 5.64. The van der Waals surface area contributed by atoms with Crippen LogP contribution in [-0.4, -0.2) is 10.9 Å². The van der Waals surface area contributed by atoms with Crippen LogP contribution in [0.2, 0.25) is 5.02 Å². The predicted octanol–water partition coefficient (Wildman–Crippen LogP) is 5.58. The van der Waals surface area contributed by atoms with E-state index in [1.165, 1.54) is 5.56 Å². The molecule has 1 heterocycles. The van der Waals surface area contributed by atoms with Gasteiger partial charge in [0, 0.05) is 22.3 Å². The highest BCUT2D eigenvalue weighted by Crippen LogP contribution is 2.33. The summed E-state index contributed by atoms with van der Waals surface area (Å²) >= 11 is 6.62. The maximum atomic E-state index is 12.7. The molecule has 1 aliphatic carbocycles. The Morgan fingerprint density at radius 2 is 1.96 bits per heavy atom. The van der Waals surface area contributed by atoms with Crippen molar-refractivity contribution in [1.29, 1.82) is 0 Å². The van der Waals surface area contributed by atoms with Gasteiger partial charge in [-0.15, -0.1) is 0 Å². The lowest BCUT2D eigenvalue weighted by Crippen LogP contribution is -2.13. The van der Waals surface area contributed by atoms with Crippen molar-refractivity contribution >= 4 is 34.1 Å². The number of hydrogen-bond acceptors (Lipinski definition) is 2. The number of nitrogens with one attached hydrogen (secondary N) is 1. The van der Waals surface area contributed by atoms with E-state index in [0.29, 0.717) is 5.56 Å². The molecule has 0 radical (unpaired) electrons. The van der Waals surface area contributed by atoms with Crippen LogP contribution in [0.4, 0.5) is 5.69 Å². The molecule has 1 aliphatic rings. The molecule has 0 spiro atoms. The van der Waals surface area contributed by atoms with E-state index in [1.807, 2.05) is 42.5 Å². The van der Waals surface area contributed by atoms with Crippen molar-refractivity contribution in [3.05, 3.63) is 69.9 Å². The highest BCUT2D eigenvalue weighted by atomic mass is 35.5. The number of amides is 1. The maximum absolute atomic E-state index is 12.7. The fourth-order valence-corrected chi connectivity index (χ4v) is 4.02. The van der Waals surface area contributed by atoms with Gasteiger partial charge in [-0.1, -0.05) is 42.8 Å². The van der Waals surface area contributed by atoms with Crippen LogP contribution in [-0.2, 0) is 19.3 Å². The summed E-state index contributed by atoms with van der Waals surface area (Å²) in [6.45, 7) is 2.08. The number of hydrogen-bond donors (Lipinski definition) is 1. The molecule has 4 rings (SSSR count). The quantitative estimate of drug-likeness (QED) is 0.659. The smallest absolute Gasteiger partial charge is 0.255 e. The van der Waals surface area contributed by atoms with E-state index in [1.54, 1.807) is 0 Å². The topological polar surface area (TPSA) is 42.0 Å². The Morgan fingerprint density at radius 1 is 1.15 bits per heavy atom. The van der Waals surface area contributed by atoms with E-state index in [-0.39, 0.29) is 5.91 Å². The summed E-state index contributed by atoms with van der Waals surface area (Å²) in [4.78, 5) is 17.5. The van der Waals surface area contributed by atoms with Crippen LogP contribution < -0.4 is 5.32 Å². The normalized spacial score (nSPS) is 13.5. The van der Waals surface area contributed by atoms with E-state index in [0.717, 1.165) is 65.0 Å². The lowest BCUT2D eigenvalue weighted by Gasteiger charge is -2.18. The molecular weight excluding hydrogens is 344 g/mol. The lowest BCUT2D eigenvalue weighted by atomic mass is 9.94. The van der Waals surface area contributed by atoms with Gasteiger partial charge in [0.1, 0.15) is 0 Å². The van der Waals surface area contributed by atoms with E-state index in [2.05, 4.69) is 12.2 Å². The molecule has 0 saturated heterocycles. The van der Waals surface area contributed by atoms with Crippen molar-refractivity contribution in [1.82, 2.24) is 4.98 Å². The van der Waals surface area contributed by atoms with Crippen LogP contribution in [0.5, 0.6) is 0 Å². The summed E-state index contributed by atoms with van der Waals surface area (Å²) in [7, 11) is 0. The summed E-state index contributed by atoms with van der Waals surface area (Å²) in [5, 5.41) is 4.75. The number of aryl methyl sites for hydroxylation is 2. The van der Waals surface area contributed by atoms with E-state index < -0.39 is 0 Å². The van der Waals surface area contributed by atoms with Crippen LogP contribution in [0.3, 0.4) is 0 Å². The SMILES string of the molecule is CCc1ccccc1NC(=O)c1ccc2c(Cl)c3c(nc2c1)CCCC3. The van der Waals surface area contributed by atoms with Gasteiger partial charge in [-0.25, -0.2) is 0 Å². The number of carbonyl (C=O) groups excluding carboxylic acids is 1. The highest BCUT2D eigenvalue weighted by Gasteiger charge is 2.18. The first-order valence-electron chi connectivity index (χ1n) is 9.17. The number of halogens is 1. The Kier molecular flexibility index (Phi) is 4.64. The number of carbonyl (C=O) groups is 1. The first-order chi connectivity index (χ1) is 12.7. The molecule has 132 valence electrons. The fourth-order valence-electron chi connectivity index (χ4n) is 3.65. The number of anilines is 1. The van der Waals surface area contributed by atoms with Crippen LogP contribution >= 0.6 is 11.6 Å². The summed E-state index contributed by atoms with van der Waals surface area (Å²) in [6, 6.07) is 13.5. The summed E-state index contributed by atoms with van der Waals surface area (Å²) in [6.07, 6.45) is 5.14. The third kappa shape index (κ3) is 3.08. The van der Waals surface area contributed by atoms with E-state index >= 15 is 0 Å². The predicted molar refractivity (Wildman–Crippen MR) is 107 cm³/mol. The molecule has 1 aromatic heterocycles. The van der Waals surface area contributed by atoms with Crippen molar-refractivity contribution in [2.75, 3.05) is 5.32 Å². The minimum Gasteiger partial charge on any atom is -0.322 e. The third-order valence-electron chi connectivity index (χ3n) is 5.10. The Balaban J connectivity index is 1.70. The second kappa shape index (κ2) is 7.08. The fraction of sp³-hybridized carbons (Fsp3) is 0.273. The molecule has 0 unspecified atom stereocenters. The van der Waals surface area contributed by atoms with Crippen LogP contribution in [0.25, 0.3) is 10.9 Å². The van der Waals surface area contributed by atoms with Gasteiger partial charge in [0.05, 0.1) is 10.5 Å². The van der Waals surface area contributed by atoms with Crippen molar-refractivity contribution in [3.8, 4) is 0 Å². The monoisotopic (exact) mass is 364 g/mol. The minimum absolute atomic E-state index is 0.122. The first-order valence-corrected chi connectivity index (χ1v) is 9.55. The molecule has 0 fully saturated rings. The number of rotatable bonds is 3. The Morgan fingerprint density at radius 3 is 2.81 bits per heavy atom. The lowest BCUT2D eigenvalue weighted by molar-refractivity contribution is 0.102. The molecule has 0 saturated carbocycles. The third-order valence-corrected chi connectivity index (χ3v) is 5.53. The number of para-hydroxylation sites is 1. The Hall–Kier alpha value is -2.39. The zero-order valence-electron chi connectivity index (χ0n) is 14.8. The first kappa shape index (κ1) is 17.0. The van der Waals surface area contributed by atoms with Gasteiger partial charge < -0.3 is 5.32 Å². The van der Waals surface area contributed by atoms with Gasteiger partial charge in [-0.3, -0.25) is 9.78 Å². The van der Waals surface area contributed by atoms with Crippen molar-refractivity contribution in [3.63, 3.8) is 0 Å². The molecule has 4 heteroatoms. The zero-order valence-corrected chi connectivity index (χ0v) is 15.6. The van der Waals surface area contributed by atoms with Gasteiger partial charge in [-0.2, -0.15) is 0 Å². The molecule has 26 heavy (non-hydrogen) atoms. The zero-order chi connectivity index (χ0) is 18.1. The second-order valence-corrected chi connectivity index (χ2v) is 7.13. The average Bonchev–Trinajstić information content (AvgIpc) is 2.68. The standard InChI is InChI=1S/C22H21ClN2O/c1-2-14-7-3-5-9-18(14)25-22(26)15-11-12-17-20(13-15)24-19-10-6-4-8-16(19)21(17)23/h3,5,7,9,11-13H,2,4,6,8,10H2,1H3,(H,25,26). The molecule has 0 atom stereocenters. The van der Waals surface area contributed by atoms with Crippen LogP contribution in [0.15, 0.2) is 42.5 Å². The van der Waals surface area contributed by atoms with Crippen LogP contribution in [0, 0.1) is 0 Å². The molecule has 0 aliphatic heterocycles. The molecule has 0 bridgehead atoms. The summed E-state index contributed by atoms with van der Waals surface area (Å²) in [5.74, 6) is -0.122. The minimum atomic E-state index is -0.122. The largest absolute Gasteiger partial charge is 0.322 e. The van der Waals surface area contributed by atoms with Gasteiger partial charge in [0.15, 0.2) is 0 Å².